The largest absolute Gasteiger partial charge is 0.360 e. The summed E-state index contributed by atoms with van der Waals surface area (Å²) in [6, 6.07) is 1.62. The molecule has 0 aliphatic heterocycles. The number of rotatable bonds is 3. The molecule has 0 spiro atoms. The standard InChI is InChI=1S/C17H18N4O3S/c1-9-3-4-11-12(5-9)25-16-15(11)17(23)21(8-18-16)7-14(22)19-13-6-10(2)24-20-13/h6,8-9H,3-5,7H2,1-2H3,(H,19,20,22). The molecule has 3 heterocycles. The Kier molecular flexibility index (Phi) is 3.91. The van der Waals surface area contributed by atoms with Crippen molar-refractivity contribution in [2.45, 2.75) is 39.7 Å². The molecule has 1 N–H and O–H groups in total. The third-order valence-corrected chi connectivity index (χ3v) is 5.65. The van der Waals surface area contributed by atoms with Gasteiger partial charge in [-0.3, -0.25) is 14.2 Å². The Labute approximate surface area is 147 Å². The van der Waals surface area contributed by atoms with Crippen molar-refractivity contribution in [3.63, 3.8) is 0 Å². The van der Waals surface area contributed by atoms with Crippen LogP contribution in [-0.2, 0) is 24.2 Å². The number of amides is 1. The number of nitrogens with one attached hydrogen (secondary N) is 1. The van der Waals surface area contributed by atoms with E-state index in [1.807, 2.05) is 0 Å². The number of thiophene rings is 1. The van der Waals surface area contributed by atoms with Crippen LogP contribution in [0.1, 0.15) is 29.5 Å². The molecule has 3 aromatic heterocycles. The van der Waals surface area contributed by atoms with Crippen LogP contribution in [0.2, 0.25) is 0 Å². The lowest BCUT2D eigenvalue weighted by Crippen LogP contribution is -2.28. The molecule has 1 atom stereocenters. The van der Waals surface area contributed by atoms with Crippen molar-refractivity contribution in [1.29, 1.82) is 0 Å². The summed E-state index contributed by atoms with van der Waals surface area (Å²) in [7, 11) is 0. The summed E-state index contributed by atoms with van der Waals surface area (Å²) >= 11 is 1.60. The number of anilines is 1. The summed E-state index contributed by atoms with van der Waals surface area (Å²) in [5, 5.41) is 7.02. The topological polar surface area (TPSA) is 90.0 Å². The van der Waals surface area contributed by atoms with Crippen LogP contribution in [0.4, 0.5) is 5.82 Å². The van der Waals surface area contributed by atoms with Gasteiger partial charge in [-0.05, 0) is 37.7 Å². The van der Waals surface area contributed by atoms with Crippen LogP contribution in [0.3, 0.4) is 0 Å². The van der Waals surface area contributed by atoms with Crippen molar-refractivity contribution in [2.75, 3.05) is 5.32 Å². The molecule has 3 aromatic rings. The Morgan fingerprint density at radius 2 is 2.36 bits per heavy atom. The van der Waals surface area contributed by atoms with E-state index in [4.69, 9.17) is 4.52 Å². The minimum atomic E-state index is -0.339. The van der Waals surface area contributed by atoms with E-state index >= 15 is 0 Å². The van der Waals surface area contributed by atoms with E-state index < -0.39 is 0 Å². The second-order valence-corrected chi connectivity index (χ2v) is 7.66. The molecule has 8 heteroatoms. The summed E-state index contributed by atoms with van der Waals surface area (Å²) < 4.78 is 6.27. The van der Waals surface area contributed by atoms with E-state index in [-0.39, 0.29) is 18.0 Å². The quantitative estimate of drug-likeness (QED) is 0.777. The number of hydrogen-bond donors (Lipinski definition) is 1. The fourth-order valence-electron chi connectivity index (χ4n) is 3.24. The molecular formula is C17H18N4O3S. The van der Waals surface area contributed by atoms with E-state index in [1.165, 1.54) is 15.8 Å². The number of fused-ring (bicyclic) bond motifs is 3. The minimum absolute atomic E-state index is 0.102. The Bertz CT molecular complexity index is 1020. The predicted molar refractivity (Wildman–Crippen MR) is 94.9 cm³/mol. The zero-order chi connectivity index (χ0) is 17.6. The van der Waals surface area contributed by atoms with Gasteiger partial charge in [0.2, 0.25) is 5.91 Å². The number of carbonyl (C=O) groups excluding carboxylic acids is 1. The fourth-order valence-corrected chi connectivity index (χ4v) is 4.58. The number of nitrogens with zero attached hydrogens (tertiary/aromatic N) is 3. The van der Waals surface area contributed by atoms with Crippen molar-refractivity contribution in [2.24, 2.45) is 5.92 Å². The lowest BCUT2D eigenvalue weighted by molar-refractivity contribution is -0.116. The van der Waals surface area contributed by atoms with Crippen molar-refractivity contribution in [1.82, 2.24) is 14.7 Å². The monoisotopic (exact) mass is 358 g/mol. The van der Waals surface area contributed by atoms with Gasteiger partial charge in [0, 0.05) is 10.9 Å². The molecule has 1 amide bonds. The van der Waals surface area contributed by atoms with Gasteiger partial charge >= 0.3 is 0 Å². The molecule has 0 saturated carbocycles. The maximum absolute atomic E-state index is 12.9. The van der Waals surface area contributed by atoms with E-state index in [2.05, 4.69) is 22.4 Å². The Morgan fingerprint density at radius 3 is 3.12 bits per heavy atom. The average Bonchev–Trinajstić information content (AvgIpc) is 3.13. The first-order valence-corrected chi connectivity index (χ1v) is 9.05. The van der Waals surface area contributed by atoms with Crippen molar-refractivity contribution >= 4 is 33.3 Å². The molecule has 4 rings (SSSR count). The summed E-state index contributed by atoms with van der Waals surface area (Å²) in [5.74, 6) is 1.25. The highest BCUT2D eigenvalue weighted by Crippen LogP contribution is 2.35. The van der Waals surface area contributed by atoms with E-state index in [0.29, 0.717) is 22.9 Å². The summed E-state index contributed by atoms with van der Waals surface area (Å²) in [4.78, 5) is 31.5. The van der Waals surface area contributed by atoms with E-state index in [9.17, 15) is 9.59 Å². The van der Waals surface area contributed by atoms with Crippen LogP contribution in [0.15, 0.2) is 21.7 Å². The molecule has 1 unspecified atom stereocenters. The lowest BCUT2D eigenvalue weighted by atomic mass is 9.89. The van der Waals surface area contributed by atoms with Crippen LogP contribution in [0.5, 0.6) is 0 Å². The zero-order valence-corrected chi connectivity index (χ0v) is 14.9. The highest BCUT2D eigenvalue weighted by Gasteiger charge is 2.23. The molecule has 0 aromatic carbocycles. The SMILES string of the molecule is Cc1cc(NC(=O)Cn2cnc3sc4c(c3c2=O)CCC(C)C4)no1. The second-order valence-electron chi connectivity index (χ2n) is 6.58. The smallest absolute Gasteiger partial charge is 0.262 e. The molecule has 0 fully saturated rings. The molecule has 1 aliphatic rings. The van der Waals surface area contributed by atoms with Crippen molar-refractivity contribution < 1.29 is 9.32 Å². The number of hydrogen-bond acceptors (Lipinski definition) is 6. The highest BCUT2D eigenvalue weighted by molar-refractivity contribution is 7.18. The fraction of sp³-hybridized carbons (Fsp3) is 0.412. The van der Waals surface area contributed by atoms with Crippen LogP contribution in [0, 0.1) is 12.8 Å². The summed E-state index contributed by atoms with van der Waals surface area (Å²) in [5.41, 5.74) is 0.973. The lowest BCUT2D eigenvalue weighted by Gasteiger charge is -2.17. The number of carbonyl (C=O) groups is 1. The number of aryl methyl sites for hydroxylation is 2. The normalized spacial score (nSPS) is 16.8. The van der Waals surface area contributed by atoms with E-state index in [1.54, 1.807) is 24.3 Å². The second kappa shape index (κ2) is 6.11. The molecule has 0 saturated heterocycles. The first-order valence-electron chi connectivity index (χ1n) is 8.24. The highest BCUT2D eigenvalue weighted by atomic mass is 32.1. The van der Waals surface area contributed by atoms with Crippen LogP contribution in [0.25, 0.3) is 10.2 Å². The van der Waals surface area contributed by atoms with Gasteiger partial charge in [-0.1, -0.05) is 12.1 Å². The average molecular weight is 358 g/mol. The van der Waals surface area contributed by atoms with Crippen molar-refractivity contribution in [3.05, 3.63) is 38.9 Å². The molecule has 25 heavy (non-hydrogen) atoms. The minimum Gasteiger partial charge on any atom is -0.360 e. The third kappa shape index (κ3) is 2.97. The Morgan fingerprint density at radius 1 is 1.52 bits per heavy atom. The molecule has 1 aliphatic carbocycles. The summed E-state index contributed by atoms with van der Waals surface area (Å²) in [6.45, 7) is 3.87. The summed E-state index contributed by atoms with van der Waals surface area (Å²) in [6.07, 6.45) is 4.44. The van der Waals surface area contributed by atoms with Crippen LogP contribution >= 0.6 is 11.3 Å². The van der Waals surface area contributed by atoms with Gasteiger partial charge < -0.3 is 9.84 Å². The van der Waals surface area contributed by atoms with Crippen LogP contribution < -0.4 is 10.9 Å². The van der Waals surface area contributed by atoms with Gasteiger partial charge in [-0.2, -0.15) is 0 Å². The molecule has 130 valence electrons. The number of aromatic nitrogens is 3. The van der Waals surface area contributed by atoms with E-state index in [0.717, 1.165) is 29.7 Å². The van der Waals surface area contributed by atoms with Gasteiger partial charge in [0.15, 0.2) is 5.82 Å². The van der Waals surface area contributed by atoms with Gasteiger partial charge in [0.05, 0.1) is 11.7 Å². The maximum atomic E-state index is 12.9. The molecule has 7 nitrogen and oxygen atoms in total. The molecule has 0 radical (unpaired) electrons. The van der Waals surface area contributed by atoms with Gasteiger partial charge in [0.1, 0.15) is 17.1 Å². The zero-order valence-electron chi connectivity index (χ0n) is 14.0. The molecular weight excluding hydrogens is 340 g/mol. The van der Waals surface area contributed by atoms with Crippen molar-refractivity contribution in [3.8, 4) is 0 Å². The van der Waals surface area contributed by atoms with Crippen LogP contribution in [-0.4, -0.2) is 20.6 Å². The Balaban J connectivity index is 1.63. The first-order chi connectivity index (χ1) is 12.0. The van der Waals surface area contributed by atoms with Gasteiger partial charge in [0.25, 0.3) is 5.56 Å². The van der Waals surface area contributed by atoms with Gasteiger partial charge in [-0.25, -0.2) is 4.98 Å². The Hall–Kier alpha value is -2.48. The predicted octanol–water partition coefficient (Wildman–Crippen LogP) is 2.52. The van der Waals surface area contributed by atoms with Gasteiger partial charge in [-0.15, -0.1) is 11.3 Å². The molecule has 0 bridgehead atoms. The first kappa shape index (κ1) is 16.0. The third-order valence-electron chi connectivity index (χ3n) is 4.49. The maximum Gasteiger partial charge on any atom is 0.262 e.